The van der Waals surface area contributed by atoms with Gasteiger partial charge in [-0.15, -0.1) is 11.3 Å². The summed E-state index contributed by atoms with van der Waals surface area (Å²) in [5.74, 6) is -1.50. The van der Waals surface area contributed by atoms with Crippen LogP contribution in [0.25, 0.3) is 10.1 Å². The van der Waals surface area contributed by atoms with E-state index in [0.29, 0.717) is 16.2 Å². The Bertz CT molecular complexity index is 1670. The molecule has 1 aliphatic heterocycles. The van der Waals surface area contributed by atoms with Crippen molar-refractivity contribution in [3.05, 3.63) is 104 Å². The number of benzene rings is 3. The first-order chi connectivity index (χ1) is 17.8. The van der Waals surface area contributed by atoms with Crippen LogP contribution in [0.1, 0.15) is 32.3 Å². The average Bonchev–Trinajstić information content (AvgIpc) is 3.26. The van der Waals surface area contributed by atoms with Gasteiger partial charge in [0, 0.05) is 15.6 Å². The number of ether oxygens (including phenoxy) is 3. The molecule has 0 aliphatic carbocycles. The van der Waals surface area contributed by atoms with Gasteiger partial charge >= 0.3 is 11.7 Å². The maximum Gasteiger partial charge on any atom is 0.344 e. The molecule has 1 atom stereocenters. The minimum Gasteiger partial charge on any atom is -0.496 e. The monoisotopic (exact) mass is 513 g/mol. The molecule has 2 N–H and O–H groups in total. The van der Waals surface area contributed by atoms with Crippen molar-refractivity contribution < 1.29 is 23.9 Å². The van der Waals surface area contributed by atoms with Gasteiger partial charge in [-0.3, -0.25) is 10.1 Å². The standard InChI is InChI=1S/C27H19N3O6S/c1-14-7-3-4-8-16(14)27(31)36-23-18(11-15(34-2)12-20(23)30(32)33)22-19(13-28)26(29)35-24-17-9-5-6-10-21(17)37-25(22)24/h3-12,22H,29H2,1-2H3. The summed E-state index contributed by atoms with van der Waals surface area (Å²) in [4.78, 5) is 25.3. The molecule has 0 fully saturated rings. The lowest BCUT2D eigenvalue weighted by atomic mass is 9.87. The summed E-state index contributed by atoms with van der Waals surface area (Å²) < 4.78 is 17.8. The van der Waals surface area contributed by atoms with Gasteiger partial charge in [-0.25, -0.2) is 4.79 Å². The number of fused-ring (bicyclic) bond motifs is 3. The molecule has 0 saturated carbocycles. The zero-order valence-electron chi connectivity index (χ0n) is 19.7. The zero-order valence-corrected chi connectivity index (χ0v) is 20.5. The van der Waals surface area contributed by atoms with Crippen molar-refractivity contribution in [2.24, 2.45) is 5.73 Å². The highest BCUT2D eigenvalue weighted by Gasteiger charge is 2.39. The lowest BCUT2D eigenvalue weighted by Gasteiger charge is -2.25. The number of esters is 1. The Kier molecular flexibility index (Phi) is 5.99. The van der Waals surface area contributed by atoms with Crippen LogP contribution in [0.4, 0.5) is 5.69 Å². The number of carbonyl (C=O) groups excluding carboxylic acids is 1. The number of carbonyl (C=O) groups is 1. The zero-order chi connectivity index (χ0) is 26.3. The molecule has 2 heterocycles. The Morgan fingerprint density at radius 3 is 2.62 bits per heavy atom. The first-order valence-corrected chi connectivity index (χ1v) is 11.9. The summed E-state index contributed by atoms with van der Waals surface area (Å²) in [7, 11) is 1.37. The van der Waals surface area contributed by atoms with E-state index in [1.54, 1.807) is 31.2 Å². The molecule has 37 heavy (non-hydrogen) atoms. The van der Waals surface area contributed by atoms with E-state index < -0.39 is 22.5 Å². The Labute approximate surface area is 215 Å². The minimum atomic E-state index is -0.903. The molecule has 10 heteroatoms. The van der Waals surface area contributed by atoms with Crippen LogP contribution in [-0.4, -0.2) is 18.0 Å². The van der Waals surface area contributed by atoms with E-state index in [2.05, 4.69) is 6.07 Å². The number of nitriles is 1. The first kappa shape index (κ1) is 23.8. The largest absolute Gasteiger partial charge is 0.496 e. The van der Waals surface area contributed by atoms with E-state index in [1.165, 1.54) is 30.6 Å². The second kappa shape index (κ2) is 9.29. The number of methoxy groups -OCH3 is 1. The van der Waals surface area contributed by atoms with Crippen molar-refractivity contribution in [3.63, 3.8) is 0 Å². The molecule has 0 spiro atoms. The van der Waals surface area contributed by atoms with Crippen LogP contribution >= 0.6 is 11.3 Å². The molecule has 4 aromatic rings. The van der Waals surface area contributed by atoms with E-state index in [4.69, 9.17) is 19.9 Å². The van der Waals surface area contributed by atoms with Crippen LogP contribution in [0.2, 0.25) is 0 Å². The fourth-order valence-corrected chi connectivity index (χ4v) is 5.59. The predicted octanol–water partition coefficient (Wildman–Crippen LogP) is 5.56. The Morgan fingerprint density at radius 2 is 1.92 bits per heavy atom. The maximum absolute atomic E-state index is 13.2. The number of nitro groups is 1. The number of aryl methyl sites for hydroxylation is 1. The summed E-state index contributed by atoms with van der Waals surface area (Å²) in [6.07, 6.45) is 0. The molecule has 1 unspecified atom stereocenters. The van der Waals surface area contributed by atoms with Crippen LogP contribution in [0, 0.1) is 28.4 Å². The van der Waals surface area contributed by atoms with Crippen molar-refractivity contribution in [2.75, 3.05) is 7.11 Å². The summed E-state index contributed by atoms with van der Waals surface area (Å²) in [5.41, 5.74) is 6.81. The molecule has 0 amide bonds. The normalized spacial score (nSPS) is 14.5. The number of allylic oxidation sites excluding steroid dienone is 1. The molecule has 0 bridgehead atoms. The second-order valence-electron chi connectivity index (χ2n) is 8.24. The van der Waals surface area contributed by atoms with Gasteiger partial charge in [-0.1, -0.05) is 30.3 Å². The molecule has 184 valence electrons. The summed E-state index contributed by atoms with van der Waals surface area (Å²) in [6.45, 7) is 1.74. The lowest BCUT2D eigenvalue weighted by Crippen LogP contribution is -2.21. The Hall–Kier alpha value is -4.88. The minimum absolute atomic E-state index is 0.0368. The number of hydrogen-bond acceptors (Lipinski definition) is 9. The highest BCUT2D eigenvalue weighted by molar-refractivity contribution is 7.19. The number of rotatable bonds is 5. The summed E-state index contributed by atoms with van der Waals surface area (Å²) in [6, 6.07) is 19.0. The number of hydrogen-bond donors (Lipinski definition) is 1. The van der Waals surface area contributed by atoms with E-state index in [1.807, 2.05) is 24.3 Å². The van der Waals surface area contributed by atoms with Crippen molar-refractivity contribution in [3.8, 4) is 23.3 Å². The lowest BCUT2D eigenvalue weighted by molar-refractivity contribution is -0.385. The van der Waals surface area contributed by atoms with Gasteiger partial charge in [0.1, 0.15) is 17.4 Å². The summed E-state index contributed by atoms with van der Waals surface area (Å²) in [5, 5.41) is 23.0. The van der Waals surface area contributed by atoms with Crippen molar-refractivity contribution >= 4 is 33.1 Å². The number of nitrogens with zero attached hydrogens (tertiary/aromatic N) is 2. The molecule has 1 aliphatic rings. The number of nitro benzene ring substituents is 1. The molecular formula is C27H19N3O6S. The van der Waals surface area contributed by atoms with Crippen LogP contribution in [-0.2, 0) is 0 Å². The molecule has 3 aromatic carbocycles. The van der Waals surface area contributed by atoms with Crippen molar-refractivity contribution in [1.82, 2.24) is 0 Å². The van der Waals surface area contributed by atoms with E-state index in [0.717, 1.165) is 10.1 Å². The van der Waals surface area contributed by atoms with Crippen molar-refractivity contribution in [2.45, 2.75) is 12.8 Å². The third-order valence-electron chi connectivity index (χ3n) is 6.10. The molecule has 0 radical (unpaired) electrons. The molecular weight excluding hydrogens is 494 g/mol. The highest BCUT2D eigenvalue weighted by atomic mass is 32.1. The van der Waals surface area contributed by atoms with Gasteiger partial charge in [0.2, 0.25) is 11.6 Å². The maximum atomic E-state index is 13.2. The van der Waals surface area contributed by atoms with Gasteiger partial charge in [0.05, 0.1) is 34.5 Å². The number of thiophene rings is 1. The third kappa shape index (κ3) is 4.01. The van der Waals surface area contributed by atoms with Gasteiger partial charge in [0.25, 0.3) is 0 Å². The highest BCUT2D eigenvalue weighted by Crippen LogP contribution is 2.53. The molecule has 9 nitrogen and oxygen atoms in total. The molecule has 1 aromatic heterocycles. The van der Waals surface area contributed by atoms with Crippen LogP contribution < -0.4 is 19.9 Å². The van der Waals surface area contributed by atoms with Gasteiger partial charge in [0.15, 0.2) is 5.75 Å². The smallest absolute Gasteiger partial charge is 0.344 e. The van der Waals surface area contributed by atoms with E-state index in [-0.39, 0.29) is 34.1 Å². The fourth-order valence-electron chi connectivity index (χ4n) is 4.33. The molecule has 5 rings (SSSR count). The average molecular weight is 514 g/mol. The van der Waals surface area contributed by atoms with E-state index >= 15 is 0 Å². The quantitative estimate of drug-likeness (QED) is 0.158. The van der Waals surface area contributed by atoms with Crippen LogP contribution in [0.5, 0.6) is 17.2 Å². The van der Waals surface area contributed by atoms with Gasteiger partial charge < -0.3 is 19.9 Å². The Balaban J connectivity index is 1.79. The van der Waals surface area contributed by atoms with E-state index in [9.17, 15) is 20.2 Å². The van der Waals surface area contributed by atoms with Crippen LogP contribution in [0.3, 0.4) is 0 Å². The van der Waals surface area contributed by atoms with Gasteiger partial charge in [-0.2, -0.15) is 5.26 Å². The van der Waals surface area contributed by atoms with Crippen molar-refractivity contribution in [1.29, 1.82) is 5.26 Å². The summed E-state index contributed by atoms with van der Waals surface area (Å²) >= 11 is 1.36. The van der Waals surface area contributed by atoms with Crippen LogP contribution in [0.15, 0.2) is 72.1 Å². The topological polar surface area (TPSA) is 138 Å². The predicted molar refractivity (Wildman–Crippen MR) is 137 cm³/mol. The fraction of sp³-hybridized carbons (Fsp3) is 0.111. The first-order valence-electron chi connectivity index (χ1n) is 11.1. The molecule has 0 saturated heterocycles. The number of nitrogens with two attached hydrogens (primary N) is 1. The second-order valence-corrected chi connectivity index (χ2v) is 9.33. The Morgan fingerprint density at radius 1 is 1.19 bits per heavy atom. The van der Waals surface area contributed by atoms with Gasteiger partial charge in [-0.05, 0) is 36.8 Å². The third-order valence-corrected chi connectivity index (χ3v) is 7.32. The SMILES string of the molecule is COc1cc(C2C(C#N)=C(N)Oc3c2sc2ccccc32)c(OC(=O)c2ccccc2C)c([N+](=O)[O-])c1.